The minimum Gasteiger partial charge on any atom is -0.497 e. The molecule has 0 bridgehead atoms. The molecule has 6 heteroatoms. The molecule has 0 fully saturated rings. The summed E-state index contributed by atoms with van der Waals surface area (Å²) in [6, 6.07) is 16.9. The number of Topliss-reactive ketones (excluding diaryl/α,β-unsaturated/α-hetero) is 1. The van der Waals surface area contributed by atoms with Crippen LogP contribution in [0.1, 0.15) is 93.7 Å². The minimum absolute atomic E-state index is 0.130. The predicted molar refractivity (Wildman–Crippen MR) is 159 cm³/mol. The summed E-state index contributed by atoms with van der Waals surface area (Å²) < 4.78 is 5.48. The average molecular weight is 528 g/mol. The van der Waals surface area contributed by atoms with Crippen molar-refractivity contribution >= 4 is 23.1 Å². The summed E-state index contributed by atoms with van der Waals surface area (Å²) in [5.41, 5.74) is 6.06. The van der Waals surface area contributed by atoms with Crippen molar-refractivity contribution in [2.75, 3.05) is 12.4 Å². The van der Waals surface area contributed by atoms with Gasteiger partial charge in [0.15, 0.2) is 5.78 Å². The Kier molecular flexibility index (Phi) is 10.4. The van der Waals surface area contributed by atoms with E-state index in [9.17, 15) is 9.59 Å². The van der Waals surface area contributed by atoms with E-state index >= 15 is 0 Å². The Labute approximate surface area is 232 Å². The standard InChI is InChI=1S/C33H41N3O3/c1-8-9-18-29(37)32(36-33(38)35-31-26(21(2)3)15-11-16-27(31)22(4)5)30(28-17-12-19-34-23(28)6)24-13-10-14-25(20-24)39-7/h10-17,19-22H,8-9,18H2,1-7H3,(H2,35,36,38)/b32-30+. The zero-order valence-corrected chi connectivity index (χ0v) is 24.2. The van der Waals surface area contributed by atoms with Crippen LogP contribution in [0.5, 0.6) is 5.75 Å². The molecule has 0 aliphatic heterocycles. The van der Waals surface area contributed by atoms with Crippen LogP contribution in [0.15, 0.2) is 66.5 Å². The van der Waals surface area contributed by atoms with Gasteiger partial charge in [-0.2, -0.15) is 0 Å². The van der Waals surface area contributed by atoms with E-state index in [0.717, 1.165) is 46.5 Å². The molecule has 1 heterocycles. The molecule has 6 nitrogen and oxygen atoms in total. The SMILES string of the molecule is CCCCC(=O)/C(NC(=O)Nc1c(C(C)C)cccc1C(C)C)=C(/c1cccc(OC)c1)c1cccnc1C. The third-order valence-corrected chi connectivity index (χ3v) is 6.77. The van der Waals surface area contributed by atoms with E-state index in [2.05, 4.69) is 43.3 Å². The highest BCUT2D eigenvalue weighted by Crippen LogP contribution is 2.34. The maximum absolute atomic E-state index is 13.7. The number of carbonyl (C=O) groups is 2. The summed E-state index contributed by atoms with van der Waals surface area (Å²) >= 11 is 0. The lowest BCUT2D eigenvalue weighted by atomic mass is 9.92. The van der Waals surface area contributed by atoms with E-state index in [1.807, 2.05) is 68.4 Å². The lowest BCUT2D eigenvalue weighted by Crippen LogP contribution is -2.33. The number of amides is 2. The maximum Gasteiger partial charge on any atom is 0.323 e. The average Bonchev–Trinajstić information content (AvgIpc) is 2.92. The second-order valence-electron chi connectivity index (χ2n) is 10.3. The highest BCUT2D eigenvalue weighted by Gasteiger charge is 2.24. The van der Waals surface area contributed by atoms with Gasteiger partial charge in [-0.3, -0.25) is 9.78 Å². The Morgan fingerprint density at radius 1 is 0.949 bits per heavy atom. The Balaban J connectivity index is 2.19. The van der Waals surface area contributed by atoms with Crippen molar-refractivity contribution < 1.29 is 14.3 Å². The van der Waals surface area contributed by atoms with Gasteiger partial charge in [0.1, 0.15) is 5.75 Å². The van der Waals surface area contributed by atoms with E-state index in [1.165, 1.54) is 0 Å². The number of hydrogen-bond acceptors (Lipinski definition) is 4. The van der Waals surface area contributed by atoms with Crippen LogP contribution >= 0.6 is 0 Å². The number of ether oxygens (including phenoxy) is 1. The second-order valence-corrected chi connectivity index (χ2v) is 10.3. The summed E-state index contributed by atoms with van der Waals surface area (Å²) in [6.07, 6.45) is 3.62. The van der Waals surface area contributed by atoms with E-state index in [1.54, 1.807) is 13.3 Å². The third-order valence-electron chi connectivity index (χ3n) is 6.77. The molecule has 2 aromatic carbocycles. The van der Waals surface area contributed by atoms with Crippen molar-refractivity contribution in [3.05, 3.63) is 94.4 Å². The van der Waals surface area contributed by atoms with Crippen LogP contribution in [0.2, 0.25) is 0 Å². The van der Waals surface area contributed by atoms with Crippen LogP contribution in [-0.2, 0) is 4.79 Å². The summed E-state index contributed by atoms with van der Waals surface area (Å²) in [5, 5.41) is 6.08. The van der Waals surface area contributed by atoms with Crippen molar-refractivity contribution in [3.63, 3.8) is 0 Å². The molecule has 0 spiro atoms. The van der Waals surface area contributed by atoms with Crippen LogP contribution < -0.4 is 15.4 Å². The summed E-state index contributed by atoms with van der Waals surface area (Å²) in [6.45, 7) is 12.4. The van der Waals surface area contributed by atoms with Gasteiger partial charge < -0.3 is 15.4 Å². The van der Waals surface area contributed by atoms with E-state index in [-0.39, 0.29) is 23.3 Å². The van der Waals surface area contributed by atoms with Crippen LogP contribution in [0.25, 0.3) is 5.57 Å². The lowest BCUT2D eigenvalue weighted by Gasteiger charge is -2.22. The Morgan fingerprint density at radius 3 is 2.21 bits per heavy atom. The first-order chi connectivity index (χ1) is 18.7. The number of nitrogens with zero attached hydrogens (tertiary/aromatic N) is 1. The van der Waals surface area contributed by atoms with Gasteiger partial charge in [-0.1, -0.05) is 77.4 Å². The second kappa shape index (κ2) is 13.7. The summed E-state index contributed by atoms with van der Waals surface area (Å²) in [4.78, 5) is 31.9. The number of hydrogen-bond donors (Lipinski definition) is 2. The molecular weight excluding hydrogens is 486 g/mol. The van der Waals surface area contributed by atoms with E-state index in [4.69, 9.17) is 4.74 Å². The topological polar surface area (TPSA) is 80.3 Å². The minimum atomic E-state index is -0.452. The fraction of sp³-hybridized carbons (Fsp3) is 0.364. The number of aromatic nitrogens is 1. The smallest absolute Gasteiger partial charge is 0.323 e. The number of anilines is 1. The number of carbonyl (C=O) groups excluding carboxylic acids is 2. The Morgan fingerprint density at radius 2 is 1.62 bits per heavy atom. The van der Waals surface area contributed by atoms with Gasteiger partial charge in [0.05, 0.1) is 12.8 Å². The molecule has 0 saturated heterocycles. The fourth-order valence-electron chi connectivity index (χ4n) is 4.65. The lowest BCUT2D eigenvalue weighted by molar-refractivity contribution is -0.115. The number of benzene rings is 2. The van der Waals surface area contributed by atoms with Crippen LogP contribution in [0, 0.1) is 6.92 Å². The molecule has 0 radical (unpaired) electrons. The number of allylic oxidation sites excluding steroid dienone is 1. The van der Waals surface area contributed by atoms with Gasteiger partial charge >= 0.3 is 6.03 Å². The highest BCUT2D eigenvalue weighted by atomic mass is 16.5. The van der Waals surface area contributed by atoms with Crippen LogP contribution in [0.4, 0.5) is 10.5 Å². The molecule has 206 valence electrons. The molecule has 0 atom stereocenters. The molecular formula is C33H41N3O3. The number of unbranched alkanes of at least 4 members (excludes halogenated alkanes) is 1. The molecule has 0 aliphatic carbocycles. The highest BCUT2D eigenvalue weighted by molar-refractivity contribution is 6.09. The summed E-state index contributed by atoms with van der Waals surface area (Å²) in [5.74, 6) is 0.953. The first kappa shape index (κ1) is 29.6. The van der Waals surface area contributed by atoms with Crippen molar-refractivity contribution in [2.45, 2.75) is 72.6 Å². The molecule has 3 rings (SSSR count). The third kappa shape index (κ3) is 7.34. The Hall–Kier alpha value is -3.93. The molecule has 3 aromatic rings. The van der Waals surface area contributed by atoms with Gasteiger partial charge in [0.25, 0.3) is 0 Å². The fourth-order valence-corrected chi connectivity index (χ4v) is 4.65. The van der Waals surface area contributed by atoms with Gasteiger partial charge in [-0.05, 0) is 60.1 Å². The van der Waals surface area contributed by atoms with Gasteiger partial charge in [0, 0.05) is 35.1 Å². The zero-order chi connectivity index (χ0) is 28.5. The zero-order valence-electron chi connectivity index (χ0n) is 24.2. The normalized spacial score (nSPS) is 11.8. The molecule has 0 aliphatic rings. The number of para-hydroxylation sites is 1. The first-order valence-electron chi connectivity index (χ1n) is 13.7. The van der Waals surface area contributed by atoms with Crippen molar-refractivity contribution in [1.29, 1.82) is 0 Å². The number of ketones is 1. The molecule has 2 N–H and O–H groups in total. The number of nitrogens with one attached hydrogen (secondary N) is 2. The predicted octanol–water partition coefficient (Wildman–Crippen LogP) is 7.99. The summed E-state index contributed by atoms with van der Waals surface area (Å²) in [7, 11) is 1.61. The quantitative estimate of drug-likeness (QED) is 0.248. The molecule has 1 aromatic heterocycles. The van der Waals surface area contributed by atoms with Gasteiger partial charge in [0.2, 0.25) is 0 Å². The van der Waals surface area contributed by atoms with Crippen molar-refractivity contribution in [2.24, 2.45) is 0 Å². The number of urea groups is 1. The largest absolute Gasteiger partial charge is 0.497 e. The number of pyridine rings is 1. The first-order valence-corrected chi connectivity index (χ1v) is 13.7. The maximum atomic E-state index is 13.7. The van der Waals surface area contributed by atoms with Gasteiger partial charge in [-0.15, -0.1) is 0 Å². The number of aryl methyl sites for hydroxylation is 1. The van der Waals surface area contributed by atoms with E-state index in [0.29, 0.717) is 17.7 Å². The van der Waals surface area contributed by atoms with Crippen molar-refractivity contribution in [3.8, 4) is 5.75 Å². The monoisotopic (exact) mass is 527 g/mol. The number of methoxy groups -OCH3 is 1. The van der Waals surface area contributed by atoms with Crippen LogP contribution in [-0.4, -0.2) is 23.9 Å². The van der Waals surface area contributed by atoms with E-state index < -0.39 is 6.03 Å². The molecule has 0 saturated carbocycles. The van der Waals surface area contributed by atoms with Crippen LogP contribution in [0.3, 0.4) is 0 Å². The molecule has 2 amide bonds. The Bertz CT molecular complexity index is 1320. The molecule has 0 unspecified atom stereocenters. The number of rotatable bonds is 11. The van der Waals surface area contributed by atoms with Gasteiger partial charge in [-0.25, -0.2) is 4.79 Å². The molecule has 39 heavy (non-hydrogen) atoms. The van der Waals surface area contributed by atoms with Crippen molar-refractivity contribution in [1.82, 2.24) is 10.3 Å².